The molecule has 110 valence electrons. The van der Waals surface area contributed by atoms with E-state index in [-0.39, 0.29) is 5.91 Å². The Hall–Kier alpha value is -2.49. The van der Waals surface area contributed by atoms with Crippen LogP contribution in [0.3, 0.4) is 0 Å². The van der Waals surface area contributed by atoms with Gasteiger partial charge in [-0.3, -0.25) is 4.79 Å². The minimum Gasteiger partial charge on any atom is -0.397 e. The second kappa shape index (κ2) is 6.31. The summed E-state index contributed by atoms with van der Waals surface area (Å²) in [5.74, 6) is -0.0489. The molecule has 0 aromatic heterocycles. The van der Waals surface area contributed by atoms with Gasteiger partial charge in [0.05, 0.1) is 11.4 Å². The average Bonchev–Trinajstić information content (AvgIpc) is 2.46. The summed E-state index contributed by atoms with van der Waals surface area (Å²) >= 11 is 0. The van der Waals surface area contributed by atoms with Crippen molar-refractivity contribution in [1.29, 1.82) is 0 Å². The molecule has 0 aliphatic carbocycles. The highest BCUT2D eigenvalue weighted by Gasteiger charge is 2.10. The number of nitrogens with zero attached hydrogens (tertiary/aromatic N) is 1. The summed E-state index contributed by atoms with van der Waals surface area (Å²) in [5, 5.41) is 3.32. The normalized spacial score (nSPS) is 10.2. The van der Waals surface area contributed by atoms with Gasteiger partial charge in [-0.05, 0) is 36.2 Å². The number of nitrogen functional groups attached to an aromatic ring is 1. The van der Waals surface area contributed by atoms with Gasteiger partial charge in [-0.1, -0.05) is 24.3 Å². The Morgan fingerprint density at radius 2 is 1.90 bits per heavy atom. The largest absolute Gasteiger partial charge is 0.397 e. The smallest absolute Gasteiger partial charge is 0.253 e. The van der Waals surface area contributed by atoms with E-state index in [1.54, 1.807) is 26.2 Å². The highest BCUT2D eigenvalue weighted by molar-refractivity contribution is 5.95. The third-order valence-electron chi connectivity index (χ3n) is 3.44. The van der Waals surface area contributed by atoms with Crippen molar-refractivity contribution in [1.82, 2.24) is 4.90 Å². The van der Waals surface area contributed by atoms with Crippen LogP contribution in [-0.2, 0) is 6.54 Å². The van der Waals surface area contributed by atoms with Gasteiger partial charge >= 0.3 is 0 Å². The lowest BCUT2D eigenvalue weighted by atomic mass is 10.1. The van der Waals surface area contributed by atoms with Gasteiger partial charge in [0.25, 0.3) is 5.91 Å². The first kappa shape index (κ1) is 14.9. The zero-order valence-corrected chi connectivity index (χ0v) is 12.7. The molecular weight excluding hydrogens is 262 g/mol. The van der Waals surface area contributed by atoms with Crippen molar-refractivity contribution in [2.75, 3.05) is 25.1 Å². The van der Waals surface area contributed by atoms with Gasteiger partial charge in [-0.2, -0.15) is 0 Å². The van der Waals surface area contributed by atoms with Crippen LogP contribution in [-0.4, -0.2) is 24.9 Å². The fraction of sp³-hybridized carbons (Fsp3) is 0.235. The SMILES string of the molecule is Cc1ccccc1CNc1ccc(C(=O)N(C)C)cc1N. The molecule has 0 radical (unpaired) electrons. The molecular formula is C17H21N3O. The molecule has 0 bridgehead atoms. The summed E-state index contributed by atoms with van der Waals surface area (Å²) in [6, 6.07) is 13.6. The van der Waals surface area contributed by atoms with E-state index in [1.165, 1.54) is 16.0 Å². The van der Waals surface area contributed by atoms with Gasteiger partial charge in [-0.15, -0.1) is 0 Å². The number of aryl methyl sites for hydroxylation is 1. The fourth-order valence-corrected chi connectivity index (χ4v) is 2.11. The molecule has 2 aromatic carbocycles. The average molecular weight is 283 g/mol. The molecule has 3 N–H and O–H groups in total. The predicted molar refractivity (Wildman–Crippen MR) is 87.4 cm³/mol. The van der Waals surface area contributed by atoms with Crippen LogP contribution in [0.15, 0.2) is 42.5 Å². The molecule has 4 nitrogen and oxygen atoms in total. The van der Waals surface area contributed by atoms with Crippen molar-refractivity contribution >= 4 is 17.3 Å². The first-order valence-corrected chi connectivity index (χ1v) is 6.88. The van der Waals surface area contributed by atoms with Gasteiger partial charge in [0.1, 0.15) is 0 Å². The molecule has 0 heterocycles. The third kappa shape index (κ3) is 3.54. The van der Waals surface area contributed by atoms with Crippen LogP contribution >= 0.6 is 0 Å². The Balaban J connectivity index is 2.12. The monoisotopic (exact) mass is 283 g/mol. The Morgan fingerprint density at radius 1 is 1.19 bits per heavy atom. The van der Waals surface area contributed by atoms with Crippen molar-refractivity contribution in [3.8, 4) is 0 Å². The van der Waals surface area contributed by atoms with E-state index in [0.29, 0.717) is 17.8 Å². The number of nitrogens with one attached hydrogen (secondary N) is 1. The maximum Gasteiger partial charge on any atom is 0.253 e. The molecule has 0 spiro atoms. The van der Waals surface area contributed by atoms with E-state index in [1.807, 2.05) is 18.2 Å². The van der Waals surface area contributed by atoms with Crippen LogP contribution in [0.5, 0.6) is 0 Å². The first-order chi connectivity index (χ1) is 9.99. The summed E-state index contributed by atoms with van der Waals surface area (Å²) in [7, 11) is 3.45. The van der Waals surface area contributed by atoms with Crippen LogP contribution in [0, 0.1) is 6.92 Å². The van der Waals surface area contributed by atoms with Gasteiger partial charge in [0.15, 0.2) is 0 Å². The maximum absolute atomic E-state index is 11.9. The lowest BCUT2D eigenvalue weighted by Crippen LogP contribution is -2.21. The summed E-state index contributed by atoms with van der Waals surface area (Å²) < 4.78 is 0. The topological polar surface area (TPSA) is 58.4 Å². The number of hydrogen-bond acceptors (Lipinski definition) is 3. The zero-order valence-electron chi connectivity index (χ0n) is 12.7. The van der Waals surface area contributed by atoms with Crippen LogP contribution in [0.25, 0.3) is 0 Å². The summed E-state index contributed by atoms with van der Waals surface area (Å²) in [6.07, 6.45) is 0. The van der Waals surface area contributed by atoms with E-state index in [4.69, 9.17) is 5.73 Å². The molecule has 0 aliphatic heterocycles. The second-order valence-electron chi connectivity index (χ2n) is 5.28. The van der Waals surface area contributed by atoms with Crippen molar-refractivity contribution in [2.24, 2.45) is 0 Å². The van der Waals surface area contributed by atoms with Gasteiger partial charge < -0.3 is 16.0 Å². The number of anilines is 2. The van der Waals surface area contributed by atoms with Gasteiger partial charge in [0, 0.05) is 26.2 Å². The standard InChI is InChI=1S/C17H21N3O/c1-12-6-4-5-7-14(12)11-19-16-9-8-13(10-15(16)18)17(21)20(2)3/h4-10,19H,11,18H2,1-3H3. The summed E-state index contributed by atoms with van der Waals surface area (Å²) in [4.78, 5) is 13.4. The fourth-order valence-electron chi connectivity index (χ4n) is 2.11. The molecule has 0 unspecified atom stereocenters. The molecule has 2 aromatic rings. The number of rotatable bonds is 4. The van der Waals surface area contributed by atoms with E-state index in [2.05, 4.69) is 24.4 Å². The second-order valence-corrected chi connectivity index (χ2v) is 5.28. The van der Waals surface area contributed by atoms with E-state index in [0.717, 1.165) is 5.69 Å². The minimum absolute atomic E-state index is 0.0489. The predicted octanol–water partition coefficient (Wildman–Crippen LogP) is 2.89. The van der Waals surface area contributed by atoms with Gasteiger partial charge in [0.2, 0.25) is 0 Å². The van der Waals surface area contributed by atoms with Crippen LogP contribution in [0.4, 0.5) is 11.4 Å². The number of hydrogen-bond donors (Lipinski definition) is 2. The molecule has 2 rings (SSSR count). The molecule has 4 heteroatoms. The molecule has 1 amide bonds. The molecule has 0 saturated carbocycles. The Kier molecular flexibility index (Phi) is 4.48. The third-order valence-corrected chi connectivity index (χ3v) is 3.44. The lowest BCUT2D eigenvalue weighted by Gasteiger charge is -2.14. The maximum atomic E-state index is 11.9. The van der Waals surface area contributed by atoms with Crippen LogP contribution < -0.4 is 11.1 Å². The summed E-state index contributed by atoms with van der Waals surface area (Å²) in [5.41, 5.74) is 10.5. The number of carbonyl (C=O) groups is 1. The van der Waals surface area contributed by atoms with Crippen molar-refractivity contribution in [2.45, 2.75) is 13.5 Å². The highest BCUT2D eigenvalue weighted by atomic mass is 16.2. The summed E-state index contributed by atoms with van der Waals surface area (Å²) in [6.45, 7) is 2.79. The van der Waals surface area contributed by atoms with Crippen LogP contribution in [0.2, 0.25) is 0 Å². The number of amides is 1. The van der Waals surface area contributed by atoms with Crippen molar-refractivity contribution in [3.05, 3.63) is 59.2 Å². The Bertz CT molecular complexity index is 650. The lowest BCUT2D eigenvalue weighted by molar-refractivity contribution is 0.0827. The molecule has 0 saturated heterocycles. The van der Waals surface area contributed by atoms with Crippen molar-refractivity contribution in [3.63, 3.8) is 0 Å². The van der Waals surface area contributed by atoms with Crippen molar-refractivity contribution < 1.29 is 4.79 Å². The van der Waals surface area contributed by atoms with E-state index >= 15 is 0 Å². The number of nitrogens with two attached hydrogens (primary N) is 1. The Morgan fingerprint density at radius 3 is 2.52 bits per heavy atom. The highest BCUT2D eigenvalue weighted by Crippen LogP contribution is 2.21. The number of carbonyl (C=O) groups excluding carboxylic acids is 1. The van der Waals surface area contributed by atoms with E-state index in [9.17, 15) is 4.79 Å². The van der Waals surface area contributed by atoms with Crippen LogP contribution in [0.1, 0.15) is 21.5 Å². The Labute approximate surface area is 125 Å². The quantitative estimate of drug-likeness (QED) is 0.848. The van der Waals surface area contributed by atoms with Gasteiger partial charge in [-0.25, -0.2) is 0 Å². The number of benzene rings is 2. The molecule has 0 atom stereocenters. The zero-order chi connectivity index (χ0) is 15.4. The minimum atomic E-state index is -0.0489. The molecule has 0 aliphatic rings. The molecule has 0 fully saturated rings. The van der Waals surface area contributed by atoms with E-state index < -0.39 is 0 Å². The molecule has 21 heavy (non-hydrogen) atoms. The first-order valence-electron chi connectivity index (χ1n) is 6.88.